The first-order valence-corrected chi connectivity index (χ1v) is 8.87. The summed E-state index contributed by atoms with van der Waals surface area (Å²) in [7, 11) is 0. The number of hydrogen-bond donors (Lipinski definition) is 0. The van der Waals surface area contributed by atoms with E-state index in [9.17, 15) is 0 Å². The van der Waals surface area contributed by atoms with Crippen molar-refractivity contribution in [3.63, 3.8) is 0 Å². The molecule has 0 fully saturated rings. The van der Waals surface area contributed by atoms with Crippen molar-refractivity contribution in [2.24, 2.45) is 10.8 Å². The first kappa shape index (κ1) is 18.6. The van der Waals surface area contributed by atoms with Crippen molar-refractivity contribution in [3.8, 4) is 0 Å². The van der Waals surface area contributed by atoms with Crippen LogP contribution in [0.15, 0.2) is 22.7 Å². The van der Waals surface area contributed by atoms with E-state index in [4.69, 9.17) is 4.52 Å². The molecule has 0 amide bonds. The lowest BCUT2D eigenvalue weighted by molar-refractivity contribution is 0.283. The summed E-state index contributed by atoms with van der Waals surface area (Å²) < 4.78 is 5.41. The SMILES string of the molecule is Cc1cccc(CCC(C)(C)CCc2nc(CC(C)(C)C)no2)n1. The van der Waals surface area contributed by atoms with Gasteiger partial charge in [0.05, 0.1) is 0 Å². The monoisotopic (exact) mass is 329 g/mol. The summed E-state index contributed by atoms with van der Waals surface area (Å²) in [5, 5.41) is 4.11. The highest BCUT2D eigenvalue weighted by Gasteiger charge is 2.21. The zero-order chi connectivity index (χ0) is 17.8. The van der Waals surface area contributed by atoms with Crippen LogP contribution >= 0.6 is 0 Å². The minimum absolute atomic E-state index is 0.182. The van der Waals surface area contributed by atoms with Gasteiger partial charge in [-0.2, -0.15) is 4.98 Å². The average Bonchev–Trinajstić information content (AvgIpc) is 2.89. The fraction of sp³-hybridized carbons (Fsp3) is 0.650. The van der Waals surface area contributed by atoms with Crippen LogP contribution in [0.25, 0.3) is 0 Å². The number of pyridine rings is 1. The van der Waals surface area contributed by atoms with Crippen LogP contribution in [0.2, 0.25) is 0 Å². The van der Waals surface area contributed by atoms with E-state index >= 15 is 0 Å². The van der Waals surface area contributed by atoms with Crippen LogP contribution in [0.3, 0.4) is 0 Å². The highest BCUT2D eigenvalue weighted by Crippen LogP contribution is 2.28. The number of aromatic nitrogens is 3. The van der Waals surface area contributed by atoms with Gasteiger partial charge >= 0.3 is 0 Å². The Morgan fingerprint density at radius 1 is 0.958 bits per heavy atom. The Labute approximate surface area is 146 Å². The van der Waals surface area contributed by atoms with Crippen LogP contribution in [-0.4, -0.2) is 15.1 Å². The van der Waals surface area contributed by atoms with Gasteiger partial charge in [-0.3, -0.25) is 4.98 Å². The summed E-state index contributed by atoms with van der Waals surface area (Å²) in [4.78, 5) is 9.13. The van der Waals surface area contributed by atoms with Crippen molar-refractivity contribution >= 4 is 0 Å². The molecule has 0 unspecified atom stereocenters. The van der Waals surface area contributed by atoms with E-state index in [0.29, 0.717) is 0 Å². The maximum absolute atomic E-state index is 5.41. The summed E-state index contributed by atoms with van der Waals surface area (Å²) >= 11 is 0. The first-order chi connectivity index (χ1) is 11.1. The van der Waals surface area contributed by atoms with Crippen molar-refractivity contribution in [2.75, 3.05) is 0 Å². The molecule has 0 aliphatic heterocycles. The lowest BCUT2D eigenvalue weighted by Gasteiger charge is -2.23. The molecule has 2 heterocycles. The molecule has 0 spiro atoms. The molecule has 2 aromatic rings. The van der Waals surface area contributed by atoms with Crippen molar-refractivity contribution in [1.82, 2.24) is 15.1 Å². The lowest BCUT2D eigenvalue weighted by Crippen LogP contribution is -2.14. The van der Waals surface area contributed by atoms with E-state index in [1.54, 1.807) is 0 Å². The predicted molar refractivity (Wildman–Crippen MR) is 96.9 cm³/mol. The average molecular weight is 329 g/mol. The first-order valence-electron chi connectivity index (χ1n) is 8.87. The third-order valence-electron chi connectivity index (χ3n) is 4.22. The van der Waals surface area contributed by atoms with Crippen molar-refractivity contribution in [2.45, 2.75) is 73.6 Å². The molecule has 132 valence electrons. The van der Waals surface area contributed by atoms with Gasteiger partial charge in [-0.15, -0.1) is 0 Å². The number of rotatable bonds is 7. The molecule has 2 aromatic heterocycles. The molecule has 0 atom stereocenters. The van der Waals surface area contributed by atoms with Crippen LogP contribution in [0.4, 0.5) is 0 Å². The number of aryl methyl sites for hydroxylation is 3. The lowest BCUT2D eigenvalue weighted by atomic mass is 9.82. The van der Waals surface area contributed by atoms with E-state index in [-0.39, 0.29) is 10.8 Å². The van der Waals surface area contributed by atoms with Crippen LogP contribution in [-0.2, 0) is 19.3 Å². The third-order valence-corrected chi connectivity index (χ3v) is 4.22. The number of hydrogen-bond acceptors (Lipinski definition) is 4. The maximum atomic E-state index is 5.41. The van der Waals surface area contributed by atoms with Crippen molar-refractivity contribution in [3.05, 3.63) is 41.3 Å². The molecule has 0 aliphatic carbocycles. The molecule has 0 saturated carbocycles. The second kappa shape index (κ2) is 7.45. The Balaban J connectivity index is 1.83. The van der Waals surface area contributed by atoms with Gasteiger partial charge in [-0.05, 0) is 49.1 Å². The Kier molecular flexibility index (Phi) is 5.79. The van der Waals surface area contributed by atoms with E-state index < -0.39 is 0 Å². The van der Waals surface area contributed by atoms with E-state index in [0.717, 1.165) is 49.5 Å². The topological polar surface area (TPSA) is 51.8 Å². The Bertz CT molecular complexity index is 653. The molecule has 0 saturated heterocycles. The van der Waals surface area contributed by atoms with Crippen molar-refractivity contribution < 1.29 is 4.52 Å². The largest absolute Gasteiger partial charge is 0.339 e. The molecule has 0 bridgehead atoms. The quantitative estimate of drug-likeness (QED) is 0.721. The molecule has 4 nitrogen and oxygen atoms in total. The van der Waals surface area contributed by atoms with Crippen LogP contribution < -0.4 is 0 Å². The highest BCUT2D eigenvalue weighted by molar-refractivity contribution is 5.10. The summed E-state index contributed by atoms with van der Waals surface area (Å²) in [6.45, 7) is 13.2. The molecule has 24 heavy (non-hydrogen) atoms. The number of nitrogens with zero attached hydrogens (tertiary/aromatic N) is 3. The fourth-order valence-corrected chi connectivity index (χ4v) is 2.71. The standard InChI is InChI=1S/C20H31N3O/c1-15-8-7-9-16(21-15)10-12-20(5,6)13-11-18-22-17(23-24-18)14-19(2,3)4/h7-9H,10-14H2,1-6H3. The van der Waals surface area contributed by atoms with Gasteiger partial charge in [0.15, 0.2) is 5.82 Å². The predicted octanol–water partition coefficient (Wildman–Crippen LogP) is 4.95. The minimum atomic E-state index is 0.182. The van der Waals surface area contributed by atoms with Crippen LogP contribution in [0.1, 0.15) is 70.6 Å². The third kappa shape index (κ3) is 6.42. The zero-order valence-corrected chi connectivity index (χ0v) is 16.0. The Morgan fingerprint density at radius 3 is 2.33 bits per heavy atom. The van der Waals surface area contributed by atoms with E-state index in [1.165, 1.54) is 5.69 Å². The van der Waals surface area contributed by atoms with E-state index in [2.05, 4.69) is 61.9 Å². The zero-order valence-electron chi connectivity index (χ0n) is 16.0. The normalized spacial score (nSPS) is 12.6. The van der Waals surface area contributed by atoms with Crippen LogP contribution in [0.5, 0.6) is 0 Å². The molecule has 0 aromatic carbocycles. The molecule has 4 heteroatoms. The minimum Gasteiger partial charge on any atom is -0.339 e. The molecular weight excluding hydrogens is 298 g/mol. The summed E-state index contributed by atoms with van der Waals surface area (Å²) in [5.41, 5.74) is 2.67. The Morgan fingerprint density at radius 2 is 1.67 bits per heavy atom. The molecule has 2 rings (SSSR count). The second-order valence-corrected chi connectivity index (χ2v) is 8.78. The van der Waals surface area contributed by atoms with Gasteiger partial charge in [-0.1, -0.05) is 45.8 Å². The molecule has 0 radical (unpaired) electrons. The van der Waals surface area contributed by atoms with Crippen LogP contribution in [0, 0.1) is 17.8 Å². The second-order valence-electron chi connectivity index (χ2n) is 8.78. The molecule has 0 N–H and O–H groups in total. The van der Waals surface area contributed by atoms with E-state index in [1.807, 2.05) is 13.0 Å². The maximum Gasteiger partial charge on any atom is 0.226 e. The van der Waals surface area contributed by atoms with Crippen molar-refractivity contribution in [1.29, 1.82) is 0 Å². The summed E-state index contributed by atoms with van der Waals surface area (Å²) in [6.07, 6.45) is 4.83. The highest BCUT2D eigenvalue weighted by atomic mass is 16.5. The summed E-state index contributed by atoms with van der Waals surface area (Å²) in [5.74, 6) is 1.58. The smallest absolute Gasteiger partial charge is 0.226 e. The summed E-state index contributed by atoms with van der Waals surface area (Å²) in [6, 6.07) is 6.24. The van der Waals surface area contributed by atoms with Gasteiger partial charge in [0, 0.05) is 24.2 Å². The van der Waals surface area contributed by atoms with Gasteiger partial charge < -0.3 is 4.52 Å². The van der Waals surface area contributed by atoms with Gasteiger partial charge in [0.1, 0.15) is 0 Å². The molecule has 0 aliphatic rings. The fourth-order valence-electron chi connectivity index (χ4n) is 2.71. The Hall–Kier alpha value is -1.71. The van der Waals surface area contributed by atoms with Gasteiger partial charge in [-0.25, -0.2) is 0 Å². The molecular formula is C20H31N3O. The van der Waals surface area contributed by atoms with Gasteiger partial charge in [0.2, 0.25) is 5.89 Å². The van der Waals surface area contributed by atoms with Gasteiger partial charge in [0.25, 0.3) is 0 Å².